The summed E-state index contributed by atoms with van der Waals surface area (Å²) in [5.41, 5.74) is 1.06. The Labute approximate surface area is 140 Å². The molecular formula is C13H16BrN3O2S2. The van der Waals surface area contributed by atoms with E-state index in [0.717, 1.165) is 43.3 Å². The number of aromatic nitrogens is 2. The van der Waals surface area contributed by atoms with Crippen molar-refractivity contribution in [3.63, 3.8) is 0 Å². The number of hydrogen-bond donors (Lipinski definition) is 1. The zero-order valence-electron chi connectivity index (χ0n) is 12.0. The second-order valence-corrected chi connectivity index (χ2v) is 7.05. The van der Waals surface area contributed by atoms with Gasteiger partial charge in [-0.3, -0.25) is 0 Å². The smallest absolute Gasteiger partial charge is 0.206 e. The van der Waals surface area contributed by atoms with Crippen molar-refractivity contribution in [1.29, 1.82) is 0 Å². The van der Waals surface area contributed by atoms with Crippen molar-refractivity contribution in [2.75, 3.05) is 26.1 Å². The van der Waals surface area contributed by atoms with Crippen LogP contribution in [-0.2, 0) is 5.75 Å². The number of halogens is 1. The average Bonchev–Trinajstić information content (AvgIpc) is 2.93. The van der Waals surface area contributed by atoms with E-state index in [1.807, 2.05) is 19.1 Å². The predicted molar refractivity (Wildman–Crippen MR) is 90.9 cm³/mol. The lowest BCUT2D eigenvalue weighted by Gasteiger charge is -2.11. The van der Waals surface area contributed by atoms with E-state index in [9.17, 15) is 0 Å². The Hall–Kier alpha value is -0.990. The van der Waals surface area contributed by atoms with Crippen LogP contribution in [0.5, 0.6) is 11.5 Å². The van der Waals surface area contributed by atoms with Crippen LogP contribution < -0.4 is 14.8 Å². The van der Waals surface area contributed by atoms with E-state index < -0.39 is 0 Å². The molecule has 0 fully saturated rings. The summed E-state index contributed by atoms with van der Waals surface area (Å²) in [4.78, 5) is 0. The molecule has 0 bridgehead atoms. The van der Waals surface area contributed by atoms with Crippen LogP contribution in [0.4, 0.5) is 5.13 Å². The van der Waals surface area contributed by atoms with Crippen molar-refractivity contribution >= 4 is 44.2 Å². The molecule has 0 aliphatic heterocycles. The van der Waals surface area contributed by atoms with Crippen molar-refractivity contribution < 1.29 is 9.47 Å². The molecule has 0 atom stereocenters. The summed E-state index contributed by atoms with van der Waals surface area (Å²) in [5.74, 6) is 2.36. The van der Waals surface area contributed by atoms with E-state index in [1.54, 1.807) is 37.3 Å². The van der Waals surface area contributed by atoms with Gasteiger partial charge >= 0.3 is 0 Å². The van der Waals surface area contributed by atoms with E-state index in [4.69, 9.17) is 9.47 Å². The van der Waals surface area contributed by atoms with Crippen LogP contribution in [0.25, 0.3) is 0 Å². The van der Waals surface area contributed by atoms with Crippen LogP contribution in [0.15, 0.2) is 20.9 Å². The quantitative estimate of drug-likeness (QED) is 0.721. The highest BCUT2D eigenvalue weighted by atomic mass is 79.9. The van der Waals surface area contributed by atoms with Gasteiger partial charge in [0, 0.05) is 17.9 Å². The molecule has 114 valence electrons. The Bertz CT molecular complexity index is 607. The van der Waals surface area contributed by atoms with Gasteiger partial charge in [-0.15, -0.1) is 10.2 Å². The molecule has 1 aromatic heterocycles. The number of rotatable bonds is 7. The summed E-state index contributed by atoms with van der Waals surface area (Å²) in [7, 11) is 3.31. The van der Waals surface area contributed by atoms with Gasteiger partial charge in [-0.25, -0.2) is 0 Å². The topological polar surface area (TPSA) is 56.3 Å². The summed E-state index contributed by atoms with van der Waals surface area (Å²) in [5, 5.41) is 12.2. The Morgan fingerprint density at radius 3 is 2.67 bits per heavy atom. The number of thioether (sulfide) groups is 1. The highest BCUT2D eigenvalue weighted by Gasteiger charge is 2.11. The fourth-order valence-electron chi connectivity index (χ4n) is 1.67. The van der Waals surface area contributed by atoms with Crippen molar-refractivity contribution in [2.45, 2.75) is 17.0 Å². The first-order chi connectivity index (χ1) is 10.2. The zero-order valence-corrected chi connectivity index (χ0v) is 15.2. The van der Waals surface area contributed by atoms with Gasteiger partial charge in [0.25, 0.3) is 0 Å². The molecule has 0 spiro atoms. The van der Waals surface area contributed by atoms with Gasteiger partial charge in [-0.1, -0.05) is 23.1 Å². The summed E-state index contributed by atoms with van der Waals surface area (Å²) in [6.07, 6.45) is 0. The number of ether oxygens (including phenoxy) is 2. The van der Waals surface area contributed by atoms with Crippen molar-refractivity contribution in [3.8, 4) is 11.5 Å². The molecule has 0 saturated carbocycles. The Morgan fingerprint density at radius 2 is 2.00 bits per heavy atom. The normalized spacial score (nSPS) is 10.5. The van der Waals surface area contributed by atoms with Gasteiger partial charge in [0.05, 0.1) is 18.7 Å². The minimum absolute atomic E-state index is 0.744. The van der Waals surface area contributed by atoms with Crippen LogP contribution in [0.3, 0.4) is 0 Å². The van der Waals surface area contributed by atoms with Crippen LogP contribution in [-0.4, -0.2) is 31.0 Å². The molecule has 21 heavy (non-hydrogen) atoms. The van der Waals surface area contributed by atoms with Crippen LogP contribution >= 0.6 is 39.0 Å². The fraction of sp³-hybridized carbons (Fsp3) is 0.385. The number of anilines is 1. The minimum Gasteiger partial charge on any atom is -0.496 e. The average molecular weight is 390 g/mol. The van der Waals surface area contributed by atoms with Crippen molar-refractivity contribution in [2.24, 2.45) is 0 Å². The number of hydrogen-bond acceptors (Lipinski definition) is 7. The molecule has 5 nitrogen and oxygen atoms in total. The second-order valence-electron chi connectivity index (χ2n) is 3.99. The van der Waals surface area contributed by atoms with Crippen molar-refractivity contribution in [3.05, 3.63) is 22.2 Å². The second kappa shape index (κ2) is 7.86. The molecule has 0 amide bonds. The first-order valence-corrected chi connectivity index (χ1v) is 8.88. The summed E-state index contributed by atoms with van der Waals surface area (Å²) >= 11 is 6.64. The zero-order chi connectivity index (χ0) is 15.2. The molecule has 0 aliphatic carbocycles. The van der Waals surface area contributed by atoms with Crippen molar-refractivity contribution in [1.82, 2.24) is 10.2 Å². The highest BCUT2D eigenvalue weighted by Crippen LogP contribution is 2.36. The maximum absolute atomic E-state index is 5.41. The lowest BCUT2D eigenvalue weighted by Crippen LogP contribution is -1.94. The molecular weight excluding hydrogens is 374 g/mol. The standard InChI is InChI=1S/C13H16BrN3O2S2/c1-4-15-12-16-17-13(21-12)20-7-8-5-11(19-3)9(14)6-10(8)18-2/h5-6H,4,7H2,1-3H3,(H,15,16). The number of nitrogens with one attached hydrogen (secondary N) is 1. The van der Waals surface area contributed by atoms with Gasteiger partial charge in [-0.05, 0) is 35.0 Å². The maximum Gasteiger partial charge on any atom is 0.206 e. The largest absolute Gasteiger partial charge is 0.496 e. The fourth-order valence-corrected chi connectivity index (χ4v) is 3.95. The molecule has 0 unspecified atom stereocenters. The highest BCUT2D eigenvalue weighted by molar-refractivity contribution is 9.10. The molecule has 0 aliphatic rings. The molecule has 2 aromatic rings. The van der Waals surface area contributed by atoms with Crippen LogP contribution in [0.1, 0.15) is 12.5 Å². The molecule has 1 N–H and O–H groups in total. The monoisotopic (exact) mass is 389 g/mol. The van der Waals surface area contributed by atoms with E-state index in [0.29, 0.717) is 0 Å². The lowest BCUT2D eigenvalue weighted by molar-refractivity contribution is 0.398. The summed E-state index contributed by atoms with van der Waals surface area (Å²) < 4.78 is 12.5. The third-order valence-corrected chi connectivity index (χ3v) is 5.32. The first kappa shape index (κ1) is 16.4. The lowest BCUT2D eigenvalue weighted by atomic mass is 10.2. The van der Waals surface area contributed by atoms with E-state index in [1.165, 1.54) is 0 Å². The SMILES string of the molecule is CCNc1nnc(SCc2cc(OC)c(Br)cc2OC)s1. The number of nitrogens with zero attached hydrogens (tertiary/aromatic N) is 2. The number of methoxy groups -OCH3 is 2. The molecule has 0 saturated heterocycles. The van der Waals surface area contributed by atoms with Crippen LogP contribution in [0.2, 0.25) is 0 Å². The minimum atomic E-state index is 0.744. The first-order valence-electron chi connectivity index (χ1n) is 6.28. The van der Waals surface area contributed by atoms with Gasteiger partial charge in [0.1, 0.15) is 11.5 Å². The maximum atomic E-state index is 5.41. The van der Waals surface area contributed by atoms with Gasteiger partial charge in [0.15, 0.2) is 4.34 Å². The third-order valence-electron chi connectivity index (χ3n) is 2.64. The molecule has 2 rings (SSSR count). The van der Waals surface area contributed by atoms with Gasteiger partial charge < -0.3 is 14.8 Å². The molecule has 0 radical (unpaired) electrons. The Morgan fingerprint density at radius 1 is 1.24 bits per heavy atom. The Kier molecular flexibility index (Phi) is 6.13. The third kappa shape index (κ3) is 4.24. The summed E-state index contributed by atoms with van der Waals surface area (Å²) in [6.45, 7) is 2.88. The molecule has 8 heteroatoms. The Balaban J connectivity index is 2.10. The van der Waals surface area contributed by atoms with E-state index >= 15 is 0 Å². The number of benzene rings is 1. The van der Waals surface area contributed by atoms with E-state index in [-0.39, 0.29) is 0 Å². The van der Waals surface area contributed by atoms with E-state index in [2.05, 4.69) is 31.4 Å². The van der Waals surface area contributed by atoms with Gasteiger partial charge in [-0.2, -0.15) is 0 Å². The van der Waals surface area contributed by atoms with Gasteiger partial charge in [0.2, 0.25) is 5.13 Å². The molecule has 1 heterocycles. The summed E-state index contributed by atoms with van der Waals surface area (Å²) in [6, 6.07) is 3.89. The predicted octanol–water partition coefficient (Wildman–Crippen LogP) is 4.04. The molecule has 1 aromatic carbocycles. The van der Waals surface area contributed by atoms with Crippen LogP contribution in [0, 0.1) is 0 Å².